The van der Waals surface area contributed by atoms with E-state index in [9.17, 15) is 4.39 Å². The third kappa shape index (κ3) is 3.49. The van der Waals surface area contributed by atoms with Gasteiger partial charge >= 0.3 is 0 Å². The lowest BCUT2D eigenvalue weighted by atomic mass is 10.1. The number of nitrogens with zero attached hydrogens (tertiary/aromatic N) is 4. The minimum atomic E-state index is -0.260. The van der Waals surface area contributed by atoms with Crippen molar-refractivity contribution in [3.05, 3.63) is 58.8 Å². The maximum Gasteiger partial charge on any atom is 0.160 e. The number of fused-ring (bicyclic) bond motifs is 1. The van der Waals surface area contributed by atoms with E-state index in [4.69, 9.17) is 16.9 Å². The van der Waals surface area contributed by atoms with E-state index >= 15 is 0 Å². The van der Waals surface area contributed by atoms with Gasteiger partial charge in [-0.3, -0.25) is 0 Å². The van der Waals surface area contributed by atoms with Gasteiger partial charge in [-0.15, -0.1) is 0 Å². The van der Waals surface area contributed by atoms with Crippen molar-refractivity contribution >= 4 is 22.8 Å². The van der Waals surface area contributed by atoms with Gasteiger partial charge in [0, 0.05) is 25.6 Å². The molecule has 0 radical (unpaired) electrons. The summed E-state index contributed by atoms with van der Waals surface area (Å²) in [4.78, 5) is 8.97. The normalized spacial score (nSPS) is 10.8. The van der Waals surface area contributed by atoms with Crippen molar-refractivity contribution in [2.24, 2.45) is 0 Å². The van der Waals surface area contributed by atoms with E-state index < -0.39 is 0 Å². The van der Waals surface area contributed by atoms with Gasteiger partial charge in [0.1, 0.15) is 17.2 Å². The van der Waals surface area contributed by atoms with E-state index in [2.05, 4.69) is 16.0 Å². The lowest BCUT2D eigenvalue weighted by Crippen LogP contribution is -2.05. The lowest BCUT2D eigenvalue weighted by Gasteiger charge is -2.07. The molecule has 23 heavy (non-hydrogen) atoms. The number of imidazole rings is 1. The topological polar surface area (TPSA) is 54.5 Å². The predicted octanol–water partition coefficient (Wildman–Crippen LogP) is 4.12. The number of aromatic nitrogens is 3. The average molecular weight is 329 g/mol. The number of halogens is 2. The minimum Gasteiger partial charge on any atom is -0.312 e. The number of aryl methyl sites for hydroxylation is 1. The van der Waals surface area contributed by atoms with Gasteiger partial charge in [-0.05, 0) is 30.2 Å². The molecule has 0 aliphatic rings. The van der Waals surface area contributed by atoms with Crippen molar-refractivity contribution in [2.45, 2.75) is 25.8 Å². The number of rotatable bonds is 5. The van der Waals surface area contributed by atoms with Crippen LogP contribution in [0.4, 0.5) is 4.39 Å². The Kier molecular flexibility index (Phi) is 4.54. The smallest absolute Gasteiger partial charge is 0.160 e. The molecule has 0 fully saturated rings. The third-order valence-electron chi connectivity index (χ3n) is 3.58. The Bertz CT molecular complexity index is 865. The highest BCUT2D eigenvalue weighted by atomic mass is 35.5. The zero-order valence-electron chi connectivity index (χ0n) is 12.3. The standard InChI is InChI=1S/C17H14ClFN4/c18-13-10-15-17(21-11-13)23(8-2-1-7-20)16(22-15)9-12-3-5-14(19)6-4-12/h3-6,10-11H,1-2,8-9H2. The second-order valence-corrected chi connectivity index (χ2v) is 5.68. The summed E-state index contributed by atoms with van der Waals surface area (Å²) in [5, 5.41) is 9.27. The van der Waals surface area contributed by atoms with Crippen LogP contribution in [-0.2, 0) is 13.0 Å². The first-order valence-corrected chi connectivity index (χ1v) is 7.67. The zero-order valence-corrected chi connectivity index (χ0v) is 13.1. The van der Waals surface area contributed by atoms with Crippen LogP contribution < -0.4 is 0 Å². The molecule has 116 valence electrons. The molecule has 0 bridgehead atoms. The fourth-order valence-electron chi connectivity index (χ4n) is 2.50. The van der Waals surface area contributed by atoms with E-state index in [1.807, 2.05) is 4.57 Å². The van der Waals surface area contributed by atoms with Crippen molar-refractivity contribution in [3.8, 4) is 6.07 Å². The van der Waals surface area contributed by atoms with E-state index in [0.717, 1.165) is 29.0 Å². The third-order valence-corrected chi connectivity index (χ3v) is 3.78. The summed E-state index contributed by atoms with van der Waals surface area (Å²) >= 11 is 5.99. The van der Waals surface area contributed by atoms with Crippen LogP contribution in [-0.4, -0.2) is 14.5 Å². The summed E-state index contributed by atoms with van der Waals surface area (Å²) < 4.78 is 15.1. The molecule has 6 heteroatoms. The van der Waals surface area contributed by atoms with E-state index in [1.165, 1.54) is 12.1 Å². The molecule has 1 aromatic carbocycles. The Balaban J connectivity index is 1.98. The Morgan fingerprint density at radius 3 is 2.78 bits per heavy atom. The molecule has 0 amide bonds. The van der Waals surface area contributed by atoms with Crippen LogP contribution in [0.5, 0.6) is 0 Å². The fraction of sp³-hybridized carbons (Fsp3) is 0.235. The highest BCUT2D eigenvalue weighted by Crippen LogP contribution is 2.21. The molecular formula is C17H14ClFN4. The maximum atomic E-state index is 13.0. The van der Waals surface area contributed by atoms with Crippen molar-refractivity contribution < 1.29 is 4.39 Å². The first-order chi connectivity index (χ1) is 11.2. The number of hydrogen-bond acceptors (Lipinski definition) is 3. The number of unbranched alkanes of at least 4 members (excludes halogenated alkanes) is 1. The second-order valence-electron chi connectivity index (χ2n) is 5.24. The number of benzene rings is 1. The van der Waals surface area contributed by atoms with Gasteiger partial charge in [0.05, 0.1) is 11.1 Å². The first-order valence-electron chi connectivity index (χ1n) is 7.29. The summed E-state index contributed by atoms with van der Waals surface area (Å²) in [7, 11) is 0. The van der Waals surface area contributed by atoms with Crippen LogP contribution in [0.1, 0.15) is 24.2 Å². The molecule has 0 aliphatic carbocycles. The van der Waals surface area contributed by atoms with Crippen LogP contribution in [0.2, 0.25) is 5.02 Å². The number of nitriles is 1. The first kappa shape index (κ1) is 15.4. The van der Waals surface area contributed by atoms with Gasteiger partial charge in [0.15, 0.2) is 5.65 Å². The zero-order chi connectivity index (χ0) is 16.2. The molecule has 0 spiro atoms. The molecule has 2 aromatic heterocycles. The minimum absolute atomic E-state index is 0.260. The van der Waals surface area contributed by atoms with Crippen molar-refractivity contribution in [3.63, 3.8) is 0 Å². The molecule has 2 heterocycles. The van der Waals surface area contributed by atoms with Crippen molar-refractivity contribution in [2.75, 3.05) is 0 Å². The van der Waals surface area contributed by atoms with Crippen molar-refractivity contribution in [1.29, 1.82) is 5.26 Å². The molecule has 0 saturated heterocycles. The Hall–Kier alpha value is -2.45. The Labute approximate surface area is 138 Å². The van der Waals surface area contributed by atoms with Crippen molar-refractivity contribution in [1.82, 2.24) is 14.5 Å². The summed E-state index contributed by atoms with van der Waals surface area (Å²) in [6.45, 7) is 0.662. The summed E-state index contributed by atoms with van der Waals surface area (Å²) in [6, 6.07) is 10.3. The molecule has 3 rings (SSSR count). The summed E-state index contributed by atoms with van der Waals surface area (Å²) in [6.07, 6.45) is 3.36. The fourth-order valence-corrected chi connectivity index (χ4v) is 2.66. The van der Waals surface area contributed by atoms with Crippen LogP contribution >= 0.6 is 11.6 Å². The number of pyridine rings is 1. The molecule has 0 saturated carbocycles. The van der Waals surface area contributed by atoms with E-state index in [1.54, 1.807) is 24.4 Å². The summed E-state index contributed by atoms with van der Waals surface area (Å²) in [5.74, 6) is 0.573. The predicted molar refractivity (Wildman–Crippen MR) is 86.6 cm³/mol. The molecule has 0 atom stereocenters. The Morgan fingerprint density at radius 1 is 1.26 bits per heavy atom. The molecule has 0 aliphatic heterocycles. The molecule has 0 N–H and O–H groups in total. The number of hydrogen-bond donors (Lipinski definition) is 0. The monoisotopic (exact) mass is 328 g/mol. The van der Waals surface area contributed by atoms with Crippen LogP contribution in [0.25, 0.3) is 11.2 Å². The highest BCUT2D eigenvalue weighted by molar-refractivity contribution is 6.31. The van der Waals surface area contributed by atoms with Gasteiger partial charge in [0.2, 0.25) is 0 Å². The average Bonchev–Trinajstić information content (AvgIpc) is 2.86. The van der Waals surface area contributed by atoms with E-state index in [-0.39, 0.29) is 5.82 Å². The van der Waals surface area contributed by atoms with Crippen LogP contribution in [0.15, 0.2) is 36.5 Å². The molecule has 3 aromatic rings. The van der Waals surface area contributed by atoms with Crippen LogP contribution in [0.3, 0.4) is 0 Å². The molecule has 4 nitrogen and oxygen atoms in total. The second kappa shape index (κ2) is 6.76. The molecular weight excluding hydrogens is 315 g/mol. The van der Waals surface area contributed by atoms with Gasteiger partial charge in [-0.25, -0.2) is 14.4 Å². The largest absolute Gasteiger partial charge is 0.312 e. The SMILES string of the molecule is N#CCCCn1c(Cc2ccc(F)cc2)nc2cc(Cl)cnc21. The summed E-state index contributed by atoms with van der Waals surface area (Å²) in [5.41, 5.74) is 2.45. The highest BCUT2D eigenvalue weighted by Gasteiger charge is 2.13. The lowest BCUT2D eigenvalue weighted by molar-refractivity contribution is 0.625. The van der Waals surface area contributed by atoms with Gasteiger partial charge in [-0.1, -0.05) is 23.7 Å². The van der Waals surface area contributed by atoms with Gasteiger partial charge in [0.25, 0.3) is 0 Å². The van der Waals surface area contributed by atoms with Gasteiger partial charge < -0.3 is 4.57 Å². The molecule has 0 unspecified atom stereocenters. The van der Waals surface area contributed by atoms with Crippen LogP contribution in [0, 0.1) is 17.1 Å². The quantitative estimate of drug-likeness (QED) is 0.662. The maximum absolute atomic E-state index is 13.0. The Morgan fingerprint density at radius 2 is 2.04 bits per heavy atom. The van der Waals surface area contributed by atoms with E-state index in [0.29, 0.717) is 24.4 Å². The van der Waals surface area contributed by atoms with Gasteiger partial charge in [-0.2, -0.15) is 5.26 Å².